The molecule has 32 heavy (non-hydrogen) atoms. The quantitative estimate of drug-likeness (QED) is 0.697. The lowest BCUT2D eigenvalue weighted by Gasteiger charge is -2.27. The fraction of sp³-hybridized carbons (Fsp3) is 0.348. The third kappa shape index (κ3) is 4.92. The number of hydrogen-bond donors (Lipinski definition) is 1. The van der Waals surface area contributed by atoms with Gasteiger partial charge in [-0.1, -0.05) is 17.7 Å². The van der Waals surface area contributed by atoms with Gasteiger partial charge in [0.15, 0.2) is 0 Å². The number of morpholine rings is 1. The first-order valence-corrected chi connectivity index (χ1v) is 10.8. The molecule has 1 unspecified atom stereocenters. The number of amides is 3. The van der Waals surface area contributed by atoms with Crippen LogP contribution in [0.1, 0.15) is 22.3 Å². The molecule has 0 aliphatic carbocycles. The Morgan fingerprint density at radius 3 is 2.66 bits per heavy atom. The second kappa shape index (κ2) is 9.67. The summed E-state index contributed by atoms with van der Waals surface area (Å²) in [7, 11) is 0. The Morgan fingerprint density at radius 1 is 1.12 bits per heavy atom. The molecular weight excluding hydrogens is 437 g/mol. The first-order valence-electron chi connectivity index (χ1n) is 10.4. The summed E-state index contributed by atoms with van der Waals surface area (Å²) in [5.74, 6) is -2.17. The summed E-state index contributed by atoms with van der Waals surface area (Å²) in [5.41, 5.74) is 1.59. The lowest BCUT2D eigenvalue weighted by molar-refractivity contribution is -0.132. The fourth-order valence-corrected chi connectivity index (χ4v) is 4.21. The maximum atomic E-state index is 13.5. The van der Waals surface area contributed by atoms with Crippen molar-refractivity contribution in [3.8, 4) is 0 Å². The minimum absolute atomic E-state index is 0.0730. The third-order valence-corrected chi connectivity index (χ3v) is 5.83. The normalized spacial score (nSPS) is 18.7. The number of ether oxygens (including phenoxy) is 1. The van der Waals surface area contributed by atoms with Crippen LogP contribution in [0.25, 0.3) is 0 Å². The number of carbonyl (C=O) groups is 3. The molecular formula is C23H23ClFN3O4. The highest BCUT2D eigenvalue weighted by atomic mass is 35.5. The van der Waals surface area contributed by atoms with Crippen molar-refractivity contribution in [2.45, 2.75) is 13.0 Å². The topological polar surface area (TPSA) is 79.0 Å². The van der Waals surface area contributed by atoms with Crippen LogP contribution in [0.3, 0.4) is 0 Å². The molecule has 2 aromatic rings. The predicted molar refractivity (Wildman–Crippen MR) is 117 cm³/mol. The number of hydrogen-bond acceptors (Lipinski definition) is 4. The average molecular weight is 460 g/mol. The van der Waals surface area contributed by atoms with Gasteiger partial charge in [0.05, 0.1) is 13.2 Å². The number of anilines is 1. The number of nitrogens with zero attached hydrogens (tertiary/aromatic N) is 2. The van der Waals surface area contributed by atoms with E-state index in [4.69, 9.17) is 16.3 Å². The van der Waals surface area contributed by atoms with Gasteiger partial charge in [0, 0.05) is 42.5 Å². The number of carbonyl (C=O) groups excluding carboxylic acids is 3. The molecule has 0 bridgehead atoms. The van der Waals surface area contributed by atoms with Gasteiger partial charge in [0.25, 0.3) is 5.91 Å². The Balaban J connectivity index is 1.40. The average Bonchev–Trinajstić information content (AvgIpc) is 3.18. The molecule has 2 saturated heterocycles. The van der Waals surface area contributed by atoms with Crippen LogP contribution in [0.5, 0.6) is 0 Å². The molecule has 9 heteroatoms. The second-order valence-electron chi connectivity index (χ2n) is 7.78. The maximum Gasteiger partial charge on any atom is 0.254 e. The molecule has 3 amide bonds. The summed E-state index contributed by atoms with van der Waals surface area (Å²) in [6, 6.07) is 10.9. The molecule has 168 valence electrons. The minimum Gasteiger partial charge on any atom is -0.378 e. The molecule has 2 aliphatic rings. The SMILES string of the molecule is O=C(NCc1cc(F)cc(Cl)c1)C1CCN(c2cccc(C(=O)N3CCOCC3)c2)C1=O. The molecule has 1 N–H and O–H groups in total. The van der Waals surface area contributed by atoms with Gasteiger partial charge >= 0.3 is 0 Å². The van der Waals surface area contributed by atoms with Crippen LogP contribution in [0.2, 0.25) is 5.02 Å². The minimum atomic E-state index is -0.836. The second-order valence-corrected chi connectivity index (χ2v) is 8.22. The van der Waals surface area contributed by atoms with E-state index in [-0.39, 0.29) is 23.4 Å². The van der Waals surface area contributed by atoms with E-state index < -0.39 is 17.6 Å². The third-order valence-electron chi connectivity index (χ3n) is 5.61. The fourth-order valence-electron chi connectivity index (χ4n) is 3.96. The molecule has 0 spiro atoms. The summed E-state index contributed by atoms with van der Waals surface area (Å²) in [4.78, 5) is 41.5. The van der Waals surface area contributed by atoms with Crippen molar-refractivity contribution in [3.05, 3.63) is 64.4 Å². The van der Waals surface area contributed by atoms with Crippen molar-refractivity contribution >= 4 is 35.0 Å². The van der Waals surface area contributed by atoms with E-state index in [0.717, 1.165) is 0 Å². The van der Waals surface area contributed by atoms with Crippen LogP contribution < -0.4 is 10.2 Å². The molecule has 2 aliphatic heterocycles. The summed E-state index contributed by atoms with van der Waals surface area (Å²) >= 11 is 5.84. The molecule has 0 saturated carbocycles. The van der Waals surface area contributed by atoms with Crippen molar-refractivity contribution in [3.63, 3.8) is 0 Å². The van der Waals surface area contributed by atoms with Crippen molar-refractivity contribution in [2.75, 3.05) is 37.7 Å². The Labute approximate surface area is 190 Å². The van der Waals surface area contributed by atoms with Gasteiger partial charge in [-0.05, 0) is 48.4 Å². The Morgan fingerprint density at radius 2 is 1.91 bits per heavy atom. The molecule has 1 atom stereocenters. The van der Waals surface area contributed by atoms with Crippen LogP contribution in [0.15, 0.2) is 42.5 Å². The van der Waals surface area contributed by atoms with Crippen LogP contribution in [-0.4, -0.2) is 55.5 Å². The number of nitrogens with one attached hydrogen (secondary N) is 1. The van der Waals surface area contributed by atoms with Crippen molar-refractivity contribution in [1.29, 1.82) is 0 Å². The molecule has 2 fully saturated rings. The summed E-state index contributed by atoms with van der Waals surface area (Å²) in [6.45, 7) is 2.53. The van der Waals surface area contributed by atoms with Gasteiger partial charge in [-0.3, -0.25) is 14.4 Å². The first kappa shape index (κ1) is 22.2. The standard InChI is InChI=1S/C23H23ClFN3O4/c24-17-10-15(11-18(25)13-17)14-26-21(29)20-4-5-28(23(20)31)19-3-1-2-16(12-19)22(30)27-6-8-32-9-7-27/h1-3,10-13,20H,4-9,14H2,(H,26,29). The molecule has 2 aromatic carbocycles. The van der Waals surface area contributed by atoms with E-state index in [0.29, 0.717) is 56.1 Å². The van der Waals surface area contributed by atoms with Gasteiger partial charge in [-0.2, -0.15) is 0 Å². The smallest absolute Gasteiger partial charge is 0.254 e. The summed E-state index contributed by atoms with van der Waals surface area (Å²) in [5, 5.41) is 2.93. The Bertz CT molecular complexity index is 1020. The van der Waals surface area contributed by atoms with Gasteiger partial charge < -0.3 is 19.9 Å². The number of rotatable bonds is 5. The van der Waals surface area contributed by atoms with E-state index in [1.54, 1.807) is 35.2 Å². The van der Waals surface area contributed by atoms with E-state index in [1.165, 1.54) is 17.0 Å². The number of benzene rings is 2. The zero-order chi connectivity index (χ0) is 22.7. The van der Waals surface area contributed by atoms with Crippen LogP contribution >= 0.6 is 11.6 Å². The largest absolute Gasteiger partial charge is 0.378 e. The van der Waals surface area contributed by atoms with E-state index >= 15 is 0 Å². The lowest BCUT2D eigenvalue weighted by Crippen LogP contribution is -2.40. The van der Waals surface area contributed by atoms with Crippen molar-refractivity contribution < 1.29 is 23.5 Å². The first-order chi connectivity index (χ1) is 15.4. The van der Waals surface area contributed by atoms with Crippen LogP contribution in [-0.2, 0) is 20.9 Å². The lowest BCUT2D eigenvalue weighted by atomic mass is 10.1. The zero-order valence-electron chi connectivity index (χ0n) is 17.4. The molecule has 7 nitrogen and oxygen atoms in total. The molecule has 2 heterocycles. The zero-order valence-corrected chi connectivity index (χ0v) is 18.1. The molecule has 0 radical (unpaired) electrons. The van der Waals surface area contributed by atoms with E-state index in [1.807, 2.05) is 0 Å². The molecule has 0 aromatic heterocycles. The Hall–Kier alpha value is -2.97. The highest BCUT2D eigenvalue weighted by molar-refractivity contribution is 6.30. The van der Waals surface area contributed by atoms with Gasteiger partial charge in [0.2, 0.25) is 11.8 Å². The monoisotopic (exact) mass is 459 g/mol. The summed E-state index contributed by atoms with van der Waals surface area (Å²) < 4.78 is 18.8. The molecule has 4 rings (SSSR count). The highest BCUT2D eigenvalue weighted by Crippen LogP contribution is 2.27. The Kier molecular flexibility index (Phi) is 6.72. The predicted octanol–water partition coefficient (Wildman–Crippen LogP) is 2.62. The maximum absolute atomic E-state index is 13.5. The van der Waals surface area contributed by atoms with E-state index in [2.05, 4.69) is 5.32 Å². The van der Waals surface area contributed by atoms with Crippen molar-refractivity contribution in [2.24, 2.45) is 5.92 Å². The van der Waals surface area contributed by atoms with Gasteiger partial charge in [-0.15, -0.1) is 0 Å². The van der Waals surface area contributed by atoms with Crippen LogP contribution in [0, 0.1) is 11.7 Å². The van der Waals surface area contributed by atoms with Crippen LogP contribution in [0.4, 0.5) is 10.1 Å². The van der Waals surface area contributed by atoms with Gasteiger partial charge in [-0.25, -0.2) is 4.39 Å². The van der Waals surface area contributed by atoms with Crippen molar-refractivity contribution in [1.82, 2.24) is 10.2 Å². The number of halogens is 2. The van der Waals surface area contributed by atoms with E-state index in [9.17, 15) is 18.8 Å². The van der Waals surface area contributed by atoms with Gasteiger partial charge in [0.1, 0.15) is 11.7 Å². The summed E-state index contributed by atoms with van der Waals surface area (Å²) in [6.07, 6.45) is 0.357. The highest BCUT2D eigenvalue weighted by Gasteiger charge is 2.37.